The Hall–Kier alpha value is -1.85. The smallest absolute Gasteiger partial charge is 0.376 e. The molecule has 6 heteroatoms. The monoisotopic (exact) mass is 241 g/mol. The Morgan fingerprint density at radius 3 is 2.41 bits per heavy atom. The molecule has 17 heavy (non-hydrogen) atoms. The average Bonchev–Trinajstić information content (AvgIpc) is 2.78. The minimum Gasteiger partial charge on any atom is -0.464 e. The molecular weight excluding hydrogens is 226 g/mol. The van der Waals surface area contributed by atoms with E-state index in [1.807, 2.05) is 6.92 Å². The number of esters is 2. The Morgan fingerprint density at radius 1 is 1.24 bits per heavy atom. The molecule has 0 atom stereocenters. The van der Waals surface area contributed by atoms with E-state index in [9.17, 15) is 9.59 Å². The number of unbranched alkanes of at least 4 members (excludes halogenated alkanes) is 1. The molecule has 0 radical (unpaired) electrons. The lowest BCUT2D eigenvalue weighted by atomic mass is 10.2. The number of hydrogen-bond acceptors (Lipinski definition) is 6. The average molecular weight is 241 g/mol. The Labute approximate surface area is 98.9 Å². The highest BCUT2D eigenvalue weighted by Crippen LogP contribution is 2.15. The van der Waals surface area contributed by atoms with Gasteiger partial charge >= 0.3 is 11.9 Å². The molecular formula is C11H15NO5. The molecule has 0 N–H and O–H groups in total. The van der Waals surface area contributed by atoms with Gasteiger partial charge in [-0.05, 0) is 6.42 Å². The molecule has 1 aromatic heterocycles. The van der Waals surface area contributed by atoms with Crippen LogP contribution in [0.4, 0.5) is 0 Å². The van der Waals surface area contributed by atoms with Crippen LogP contribution in [-0.4, -0.2) is 31.1 Å². The van der Waals surface area contributed by atoms with Crippen LogP contribution in [0.3, 0.4) is 0 Å². The van der Waals surface area contributed by atoms with Gasteiger partial charge in [0, 0.05) is 6.42 Å². The summed E-state index contributed by atoms with van der Waals surface area (Å²) in [7, 11) is 2.42. The fourth-order valence-corrected chi connectivity index (χ4v) is 1.27. The second-order valence-electron chi connectivity index (χ2n) is 3.37. The lowest BCUT2D eigenvalue weighted by molar-refractivity contribution is 0.0525. The normalized spacial score (nSPS) is 10.1. The van der Waals surface area contributed by atoms with Gasteiger partial charge in [0.1, 0.15) is 0 Å². The van der Waals surface area contributed by atoms with Gasteiger partial charge in [0.2, 0.25) is 11.5 Å². The number of nitrogens with zero attached hydrogens (tertiary/aromatic N) is 1. The number of hydrogen-bond donors (Lipinski definition) is 0. The van der Waals surface area contributed by atoms with E-state index in [-0.39, 0.29) is 11.5 Å². The second-order valence-corrected chi connectivity index (χ2v) is 3.37. The quantitative estimate of drug-likeness (QED) is 0.728. The van der Waals surface area contributed by atoms with Gasteiger partial charge in [0.15, 0.2) is 5.89 Å². The number of carbonyl (C=O) groups is 2. The number of rotatable bonds is 5. The van der Waals surface area contributed by atoms with E-state index in [0.717, 1.165) is 12.8 Å². The Kier molecular flexibility index (Phi) is 4.68. The van der Waals surface area contributed by atoms with E-state index < -0.39 is 11.9 Å². The third kappa shape index (κ3) is 3.05. The first kappa shape index (κ1) is 13.2. The van der Waals surface area contributed by atoms with E-state index in [0.29, 0.717) is 12.3 Å². The summed E-state index contributed by atoms with van der Waals surface area (Å²) < 4.78 is 14.2. The first-order valence-electron chi connectivity index (χ1n) is 5.30. The highest BCUT2D eigenvalue weighted by atomic mass is 16.5. The van der Waals surface area contributed by atoms with Crippen molar-refractivity contribution in [3.63, 3.8) is 0 Å². The van der Waals surface area contributed by atoms with Gasteiger partial charge in [-0.25, -0.2) is 14.6 Å². The molecule has 0 amide bonds. The molecule has 6 nitrogen and oxygen atoms in total. The van der Waals surface area contributed by atoms with Crippen molar-refractivity contribution in [1.29, 1.82) is 0 Å². The summed E-state index contributed by atoms with van der Waals surface area (Å²) in [5.41, 5.74) is -0.134. The van der Waals surface area contributed by atoms with E-state index in [1.165, 1.54) is 14.2 Å². The van der Waals surface area contributed by atoms with Crippen LogP contribution >= 0.6 is 0 Å². The Morgan fingerprint density at radius 2 is 1.88 bits per heavy atom. The lowest BCUT2D eigenvalue weighted by Gasteiger charge is -1.96. The summed E-state index contributed by atoms with van der Waals surface area (Å²) in [5, 5.41) is 0. The summed E-state index contributed by atoms with van der Waals surface area (Å²) in [6.07, 6.45) is 2.39. The van der Waals surface area contributed by atoms with Gasteiger partial charge in [-0.15, -0.1) is 0 Å². The topological polar surface area (TPSA) is 78.6 Å². The van der Waals surface area contributed by atoms with Crippen LogP contribution in [0.15, 0.2) is 4.42 Å². The van der Waals surface area contributed by atoms with Gasteiger partial charge in [0.05, 0.1) is 14.2 Å². The van der Waals surface area contributed by atoms with Crippen LogP contribution in [0, 0.1) is 0 Å². The third-order valence-electron chi connectivity index (χ3n) is 2.17. The summed E-state index contributed by atoms with van der Waals surface area (Å²) in [5.74, 6) is -1.31. The zero-order chi connectivity index (χ0) is 12.8. The Balaban J connectivity index is 3.03. The van der Waals surface area contributed by atoms with Gasteiger partial charge in [-0.3, -0.25) is 0 Å². The second kappa shape index (κ2) is 6.03. The number of aromatic nitrogens is 1. The van der Waals surface area contributed by atoms with Gasteiger partial charge in [-0.2, -0.15) is 0 Å². The maximum atomic E-state index is 11.4. The maximum absolute atomic E-state index is 11.4. The maximum Gasteiger partial charge on any atom is 0.376 e. The van der Waals surface area contributed by atoms with Crippen molar-refractivity contribution in [3.8, 4) is 0 Å². The molecule has 1 aromatic rings. The number of aryl methyl sites for hydroxylation is 1. The molecule has 0 bridgehead atoms. The van der Waals surface area contributed by atoms with E-state index in [4.69, 9.17) is 4.42 Å². The predicted molar refractivity (Wildman–Crippen MR) is 57.8 cm³/mol. The van der Waals surface area contributed by atoms with E-state index in [2.05, 4.69) is 14.5 Å². The minimum atomic E-state index is -0.736. The molecule has 0 unspecified atom stereocenters. The molecule has 0 saturated heterocycles. The molecule has 0 aliphatic heterocycles. The van der Waals surface area contributed by atoms with Crippen LogP contribution in [0.2, 0.25) is 0 Å². The standard InChI is InChI=1S/C11H15NO5/c1-4-5-6-7-12-8(10(13)15-2)9(17-7)11(14)16-3/h4-6H2,1-3H3. The molecule has 0 fully saturated rings. The zero-order valence-corrected chi connectivity index (χ0v) is 10.1. The van der Waals surface area contributed by atoms with E-state index >= 15 is 0 Å². The lowest BCUT2D eigenvalue weighted by Crippen LogP contribution is -2.10. The van der Waals surface area contributed by atoms with Crippen molar-refractivity contribution >= 4 is 11.9 Å². The minimum absolute atomic E-state index is 0.134. The molecule has 1 rings (SSSR count). The largest absolute Gasteiger partial charge is 0.464 e. The van der Waals surface area contributed by atoms with Crippen LogP contribution in [0.5, 0.6) is 0 Å². The van der Waals surface area contributed by atoms with Crippen LogP contribution in [0.25, 0.3) is 0 Å². The first-order valence-corrected chi connectivity index (χ1v) is 5.30. The molecule has 0 aromatic carbocycles. The highest BCUT2D eigenvalue weighted by molar-refractivity contribution is 5.99. The fraction of sp³-hybridized carbons (Fsp3) is 0.545. The highest BCUT2D eigenvalue weighted by Gasteiger charge is 2.26. The van der Waals surface area contributed by atoms with Crippen molar-refractivity contribution < 1.29 is 23.5 Å². The van der Waals surface area contributed by atoms with Crippen LogP contribution in [-0.2, 0) is 15.9 Å². The number of methoxy groups -OCH3 is 2. The van der Waals surface area contributed by atoms with Crippen molar-refractivity contribution in [2.75, 3.05) is 14.2 Å². The van der Waals surface area contributed by atoms with Crippen molar-refractivity contribution in [2.24, 2.45) is 0 Å². The van der Waals surface area contributed by atoms with Crippen LogP contribution < -0.4 is 0 Å². The molecule has 94 valence electrons. The molecule has 0 spiro atoms. The summed E-state index contributed by atoms with van der Waals surface area (Å²) in [6, 6.07) is 0. The van der Waals surface area contributed by atoms with Crippen molar-refractivity contribution in [3.05, 3.63) is 17.3 Å². The summed E-state index contributed by atoms with van der Waals surface area (Å²) >= 11 is 0. The number of oxazole rings is 1. The predicted octanol–water partition coefficient (Wildman–Crippen LogP) is 1.59. The molecule has 0 saturated carbocycles. The first-order chi connectivity index (χ1) is 8.13. The van der Waals surface area contributed by atoms with Crippen molar-refractivity contribution in [1.82, 2.24) is 4.98 Å². The molecule has 1 heterocycles. The Bertz CT molecular complexity index is 376. The van der Waals surface area contributed by atoms with E-state index in [1.54, 1.807) is 0 Å². The number of ether oxygens (including phenoxy) is 2. The summed E-state index contributed by atoms with van der Waals surface area (Å²) in [4.78, 5) is 26.7. The van der Waals surface area contributed by atoms with Gasteiger partial charge in [-0.1, -0.05) is 13.3 Å². The van der Waals surface area contributed by atoms with Gasteiger partial charge in [0.25, 0.3) is 0 Å². The number of carbonyl (C=O) groups excluding carboxylic acids is 2. The molecule has 0 aliphatic carbocycles. The summed E-state index contributed by atoms with van der Waals surface area (Å²) in [6.45, 7) is 2.02. The van der Waals surface area contributed by atoms with Crippen molar-refractivity contribution in [2.45, 2.75) is 26.2 Å². The molecule has 0 aliphatic rings. The third-order valence-corrected chi connectivity index (χ3v) is 2.17. The van der Waals surface area contributed by atoms with Gasteiger partial charge < -0.3 is 13.9 Å². The fourth-order valence-electron chi connectivity index (χ4n) is 1.27. The van der Waals surface area contributed by atoms with Crippen LogP contribution in [0.1, 0.15) is 46.7 Å². The zero-order valence-electron chi connectivity index (χ0n) is 10.1. The SMILES string of the molecule is CCCCc1nc(C(=O)OC)c(C(=O)OC)o1.